The van der Waals surface area contributed by atoms with Crippen LogP contribution in [0.2, 0.25) is 0 Å². The number of ether oxygens (including phenoxy) is 2. The van der Waals surface area contributed by atoms with Crippen LogP contribution in [0.1, 0.15) is 18.4 Å². The van der Waals surface area contributed by atoms with E-state index in [4.69, 9.17) is 14.5 Å². The maximum atomic E-state index is 12.8. The van der Waals surface area contributed by atoms with Gasteiger partial charge in [-0.05, 0) is 30.5 Å². The molecule has 0 spiro atoms. The van der Waals surface area contributed by atoms with E-state index < -0.39 is 0 Å². The lowest BCUT2D eigenvalue weighted by molar-refractivity contribution is -0.140. The maximum Gasteiger partial charge on any atom is 0.241 e. The van der Waals surface area contributed by atoms with Gasteiger partial charge in [0.05, 0.1) is 33.4 Å². The fraction of sp³-hybridized carbons (Fsp3) is 0.609. The number of halogens is 1. The summed E-state index contributed by atoms with van der Waals surface area (Å²) < 4.78 is 10.6. The van der Waals surface area contributed by atoms with Crippen molar-refractivity contribution < 1.29 is 19.1 Å². The summed E-state index contributed by atoms with van der Waals surface area (Å²) >= 11 is 0. The highest BCUT2D eigenvalue weighted by molar-refractivity contribution is 14.0. The number of carbonyl (C=O) groups excluding carboxylic acids is 2. The predicted octanol–water partition coefficient (Wildman–Crippen LogP) is 1.42. The average Bonchev–Trinajstić information content (AvgIpc) is 2.84. The zero-order valence-electron chi connectivity index (χ0n) is 19.8. The van der Waals surface area contributed by atoms with Crippen LogP contribution in [0, 0.1) is 5.92 Å². The first-order valence-electron chi connectivity index (χ1n) is 11.2. The Labute approximate surface area is 213 Å². The van der Waals surface area contributed by atoms with Gasteiger partial charge in [0.1, 0.15) is 5.75 Å². The third-order valence-electron chi connectivity index (χ3n) is 5.93. The Kier molecular flexibility index (Phi) is 11.2. The minimum atomic E-state index is -0.0143. The number of guanidine groups is 1. The van der Waals surface area contributed by atoms with E-state index in [1.54, 1.807) is 26.1 Å². The van der Waals surface area contributed by atoms with E-state index in [1.165, 1.54) is 0 Å². The SMILES string of the molecule is COc1ccc(CN=C(NCC(=O)N(C)C)N2CCC(C(=O)N3CCOCC3)CC2)cc1.I. The number of likely N-dealkylation sites (tertiary alicyclic amines) is 1. The Morgan fingerprint density at radius 3 is 2.30 bits per heavy atom. The Hall–Kier alpha value is -2.08. The number of morpholine rings is 1. The minimum absolute atomic E-state index is 0. The van der Waals surface area contributed by atoms with Gasteiger partial charge in [-0.3, -0.25) is 9.59 Å². The first kappa shape index (κ1) is 27.2. The largest absolute Gasteiger partial charge is 0.497 e. The molecule has 0 atom stereocenters. The van der Waals surface area contributed by atoms with Crippen molar-refractivity contribution in [1.82, 2.24) is 20.0 Å². The number of nitrogens with one attached hydrogen (secondary N) is 1. The standard InChI is InChI=1S/C23H35N5O4.HI/c1-26(2)21(29)17-25-23(24-16-18-4-6-20(31-3)7-5-18)28-10-8-19(9-11-28)22(30)27-12-14-32-15-13-27;/h4-7,19H,8-17H2,1-3H3,(H,24,25);1H. The van der Waals surface area contributed by atoms with Crippen molar-refractivity contribution in [3.8, 4) is 5.75 Å². The number of likely N-dealkylation sites (N-methyl/N-ethyl adjacent to an activating group) is 1. The van der Waals surface area contributed by atoms with Gasteiger partial charge in [-0.2, -0.15) is 0 Å². The molecule has 2 saturated heterocycles. The quantitative estimate of drug-likeness (QED) is 0.315. The molecule has 0 aliphatic carbocycles. The summed E-state index contributed by atoms with van der Waals surface area (Å²) in [5.41, 5.74) is 1.06. The van der Waals surface area contributed by atoms with Gasteiger partial charge in [0.2, 0.25) is 11.8 Å². The molecule has 10 heteroatoms. The molecule has 1 aromatic rings. The van der Waals surface area contributed by atoms with Crippen LogP contribution in [0.15, 0.2) is 29.3 Å². The third kappa shape index (κ3) is 8.02. The van der Waals surface area contributed by atoms with Gasteiger partial charge in [-0.15, -0.1) is 24.0 Å². The van der Waals surface area contributed by atoms with Crippen LogP contribution < -0.4 is 10.1 Å². The minimum Gasteiger partial charge on any atom is -0.497 e. The number of piperidine rings is 1. The molecule has 2 heterocycles. The van der Waals surface area contributed by atoms with Gasteiger partial charge in [0, 0.05) is 46.2 Å². The number of hydrogen-bond donors (Lipinski definition) is 1. The van der Waals surface area contributed by atoms with E-state index in [-0.39, 0.29) is 48.3 Å². The molecule has 3 rings (SSSR count). The number of methoxy groups -OCH3 is 1. The maximum absolute atomic E-state index is 12.8. The van der Waals surface area contributed by atoms with Crippen molar-refractivity contribution in [3.05, 3.63) is 29.8 Å². The predicted molar refractivity (Wildman–Crippen MR) is 138 cm³/mol. The Balaban J connectivity index is 0.00000385. The normalized spacial score (nSPS) is 17.2. The van der Waals surface area contributed by atoms with Gasteiger partial charge in [-0.1, -0.05) is 12.1 Å². The van der Waals surface area contributed by atoms with Crippen LogP contribution in [0.5, 0.6) is 5.75 Å². The second-order valence-corrected chi connectivity index (χ2v) is 8.33. The number of aliphatic imine (C=N–C) groups is 1. The molecule has 9 nitrogen and oxygen atoms in total. The summed E-state index contributed by atoms with van der Waals surface area (Å²) in [6.45, 7) is 4.74. The third-order valence-corrected chi connectivity index (χ3v) is 5.93. The van der Waals surface area contributed by atoms with Crippen molar-refractivity contribution in [2.45, 2.75) is 19.4 Å². The molecule has 0 saturated carbocycles. The van der Waals surface area contributed by atoms with Crippen LogP contribution >= 0.6 is 24.0 Å². The van der Waals surface area contributed by atoms with Crippen LogP contribution in [-0.4, -0.2) is 99.6 Å². The molecule has 184 valence electrons. The summed E-state index contributed by atoms with van der Waals surface area (Å²) in [6, 6.07) is 7.79. The molecule has 33 heavy (non-hydrogen) atoms. The van der Waals surface area contributed by atoms with Crippen LogP contribution in [0.4, 0.5) is 0 Å². The van der Waals surface area contributed by atoms with Crippen LogP contribution in [0.3, 0.4) is 0 Å². The van der Waals surface area contributed by atoms with E-state index in [0.29, 0.717) is 38.8 Å². The fourth-order valence-corrected chi connectivity index (χ4v) is 3.86. The molecule has 2 aliphatic rings. The number of hydrogen-bond acceptors (Lipinski definition) is 5. The monoisotopic (exact) mass is 573 g/mol. The van der Waals surface area contributed by atoms with Gasteiger partial charge in [-0.25, -0.2) is 4.99 Å². The van der Waals surface area contributed by atoms with Crippen LogP contribution in [-0.2, 0) is 20.9 Å². The average molecular weight is 573 g/mol. The molecular formula is C23H36IN5O4. The first-order valence-corrected chi connectivity index (χ1v) is 11.2. The second kappa shape index (κ2) is 13.6. The molecule has 1 aromatic carbocycles. The molecule has 2 aliphatic heterocycles. The molecule has 0 radical (unpaired) electrons. The fourth-order valence-electron chi connectivity index (χ4n) is 3.86. The Morgan fingerprint density at radius 1 is 1.09 bits per heavy atom. The highest BCUT2D eigenvalue weighted by atomic mass is 127. The summed E-state index contributed by atoms with van der Waals surface area (Å²) in [6.07, 6.45) is 1.56. The highest BCUT2D eigenvalue weighted by Crippen LogP contribution is 2.21. The van der Waals surface area contributed by atoms with Crippen molar-refractivity contribution in [2.75, 3.05) is 67.1 Å². The molecule has 0 unspecified atom stereocenters. The van der Waals surface area contributed by atoms with Crippen molar-refractivity contribution in [1.29, 1.82) is 0 Å². The summed E-state index contributed by atoms with van der Waals surface area (Å²) in [5, 5.41) is 3.22. The number of rotatable bonds is 6. The lowest BCUT2D eigenvalue weighted by Crippen LogP contribution is -2.51. The molecule has 1 N–H and O–H groups in total. The molecule has 2 amide bonds. The Morgan fingerprint density at radius 2 is 1.73 bits per heavy atom. The zero-order valence-corrected chi connectivity index (χ0v) is 22.1. The number of nitrogens with zero attached hydrogens (tertiary/aromatic N) is 4. The summed E-state index contributed by atoms with van der Waals surface area (Å²) in [7, 11) is 5.12. The van der Waals surface area contributed by atoms with Gasteiger partial charge < -0.3 is 29.5 Å². The molecule has 0 bridgehead atoms. The Bertz CT molecular complexity index is 789. The summed E-state index contributed by atoms with van der Waals surface area (Å²) in [4.78, 5) is 35.3. The lowest BCUT2D eigenvalue weighted by Gasteiger charge is -2.36. The number of amides is 2. The van der Waals surface area contributed by atoms with Crippen molar-refractivity contribution in [2.24, 2.45) is 10.9 Å². The molecule has 2 fully saturated rings. The first-order chi connectivity index (χ1) is 15.5. The summed E-state index contributed by atoms with van der Waals surface area (Å²) in [5.74, 6) is 1.77. The van der Waals surface area contributed by atoms with E-state index in [9.17, 15) is 9.59 Å². The van der Waals surface area contributed by atoms with Gasteiger partial charge in [0.25, 0.3) is 0 Å². The van der Waals surface area contributed by atoms with E-state index in [2.05, 4.69) is 10.2 Å². The van der Waals surface area contributed by atoms with Gasteiger partial charge >= 0.3 is 0 Å². The van der Waals surface area contributed by atoms with Gasteiger partial charge in [0.15, 0.2) is 5.96 Å². The lowest BCUT2D eigenvalue weighted by atomic mass is 9.95. The second-order valence-electron chi connectivity index (χ2n) is 8.33. The van der Waals surface area contributed by atoms with E-state index >= 15 is 0 Å². The number of carbonyl (C=O) groups is 2. The number of benzene rings is 1. The topological polar surface area (TPSA) is 86.7 Å². The zero-order chi connectivity index (χ0) is 22.9. The molecular weight excluding hydrogens is 537 g/mol. The highest BCUT2D eigenvalue weighted by Gasteiger charge is 2.30. The van der Waals surface area contributed by atoms with Crippen molar-refractivity contribution >= 4 is 41.8 Å². The van der Waals surface area contributed by atoms with E-state index in [1.807, 2.05) is 29.2 Å². The van der Waals surface area contributed by atoms with Crippen molar-refractivity contribution in [3.63, 3.8) is 0 Å². The molecule has 0 aromatic heterocycles. The smallest absolute Gasteiger partial charge is 0.241 e. The van der Waals surface area contributed by atoms with Crippen LogP contribution in [0.25, 0.3) is 0 Å². The van der Waals surface area contributed by atoms with E-state index in [0.717, 1.165) is 37.2 Å².